The van der Waals surface area contributed by atoms with Crippen LogP contribution in [0.5, 0.6) is 11.5 Å². The van der Waals surface area contributed by atoms with Crippen LogP contribution in [-0.2, 0) is 4.79 Å². The molecule has 0 spiro atoms. The topological polar surface area (TPSA) is 64.6 Å². The molecule has 0 saturated heterocycles. The second-order valence-electron chi connectivity index (χ2n) is 4.16. The van der Waals surface area contributed by atoms with E-state index in [2.05, 4.69) is 21.2 Å². The van der Waals surface area contributed by atoms with Gasteiger partial charge in [-0.15, -0.1) is 0 Å². The van der Waals surface area contributed by atoms with Crippen LogP contribution in [0.15, 0.2) is 16.6 Å². The summed E-state index contributed by atoms with van der Waals surface area (Å²) < 4.78 is 11.1. The van der Waals surface area contributed by atoms with Crippen molar-refractivity contribution < 1.29 is 19.1 Å². The van der Waals surface area contributed by atoms with Gasteiger partial charge < -0.3 is 14.8 Å². The Morgan fingerprint density at radius 2 is 2.16 bits per heavy atom. The van der Waals surface area contributed by atoms with E-state index in [4.69, 9.17) is 9.47 Å². The van der Waals surface area contributed by atoms with Crippen LogP contribution in [0.4, 0.5) is 0 Å². The van der Waals surface area contributed by atoms with Crippen molar-refractivity contribution in [1.82, 2.24) is 5.32 Å². The number of rotatable bonds is 6. The fourth-order valence-corrected chi connectivity index (χ4v) is 2.02. The molecule has 1 rings (SSSR count). The molecule has 0 aromatic heterocycles. The zero-order chi connectivity index (χ0) is 14.4. The molecule has 0 unspecified atom stereocenters. The number of hydrogen-bond acceptors (Lipinski definition) is 4. The van der Waals surface area contributed by atoms with Crippen molar-refractivity contribution in [2.75, 3.05) is 13.7 Å². The van der Waals surface area contributed by atoms with Gasteiger partial charge in [-0.1, -0.05) is 0 Å². The maximum Gasteiger partial charge on any atom is 0.258 e. The number of carbonyl (C=O) groups excluding carboxylic acids is 2. The molecular weight excluding hydrogens is 314 g/mol. The largest absolute Gasteiger partial charge is 0.493 e. The molecule has 1 N–H and O–H groups in total. The number of aldehydes is 1. The van der Waals surface area contributed by atoms with Gasteiger partial charge in [0.25, 0.3) is 5.91 Å². The van der Waals surface area contributed by atoms with Crippen LogP contribution >= 0.6 is 15.9 Å². The first-order valence-electron chi connectivity index (χ1n) is 5.72. The molecule has 5 nitrogen and oxygen atoms in total. The van der Waals surface area contributed by atoms with Crippen molar-refractivity contribution in [2.24, 2.45) is 0 Å². The maximum atomic E-state index is 11.5. The van der Waals surface area contributed by atoms with E-state index in [1.807, 2.05) is 13.8 Å². The number of halogens is 1. The minimum Gasteiger partial charge on any atom is -0.493 e. The van der Waals surface area contributed by atoms with E-state index in [9.17, 15) is 9.59 Å². The Morgan fingerprint density at radius 3 is 2.68 bits per heavy atom. The molecule has 1 aromatic rings. The van der Waals surface area contributed by atoms with Gasteiger partial charge in [-0.05, 0) is 41.9 Å². The van der Waals surface area contributed by atoms with Gasteiger partial charge in [-0.3, -0.25) is 9.59 Å². The first kappa shape index (κ1) is 15.5. The van der Waals surface area contributed by atoms with E-state index in [1.54, 1.807) is 12.1 Å². The van der Waals surface area contributed by atoms with Gasteiger partial charge >= 0.3 is 0 Å². The fourth-order valence-electron chi connectivity index (χ4n) is 1.45. The van der Waals surface area contributed by atoms with Gasteiger partial charge in [0.1, 0.15) is 6.29 Å². The monoisotopic (exact) mass is 329 g/mol. The molecule has 1 amide bonds. The molecule has 1 aromatic carbocycles. The van der Waals surface area contributed by atoms with Crippen LogP contribution in [0, 0.1) is 0 Å². The van der Waals surface area contributed by atoms with E-state index >= 15 is 0 Å². The number of nitrogens with one attached hydrogen (secondary N) is 1. The Hall–Kier alpha value is -1.56. The number of benzene rings is 1. The summed E-state index contributed by atoms with van der Waals surface area (Å²) >= 11 is 3.28. The van der Waals surface area contributed by atoms with Crippen molar-refractivity contribution in [3.8, 4) is 11.5 Å². The van der Waals surface area contributed by atoms with Crippen LogP contribution in [-0.4, -0.2) is 32.0 Å². The molecule has 0 fully saturated rings. The van der Waals surface area contributed by atoms with E-state index in [0.717, 1.165) is 0 Å². The molecule has 0 heterocycles. The first-order valence-corrected chi connectivity index (χ1v) is 6.52. The Bertz CT molecular complexity index is 474. The lowest BCUT2D eigenvalue weighted by Gasteiger charge is -2.14. The molecule has 104 valence electrons. The van der Waals surface area contributed by atoms with Crippen molar-refractivity contribution in [2.45, 2.75) is 19.9 Å². The van der Waals surface area contributed by atoms with Crippen LogP contribution in [0.2, 0.25) is 0 Å². The number of ether oxygens (including phenoxy) is 2. The quantitative estimate of drug-likeness (QED) is 0.812. The van der Waals surface area contributed by atoms with Crippen molar-refractivity contribution >= 4 is 28.1 Å². The average molecular weight is 330 g/mol. The fraction of sp³-hybridized carbons (Fsp3) is 0.385. The SMILES string of the molecule is COc1cc(C=O)cc(Br)c1OCC(=O)NC(C)C. The number of methoxy groups -OCH3 is 1. The second kappa shape index (κ2) is 7.13. The summed E-state index contributed by atoms with van der Waals surface area (Å²) in [7, 11) is 1.47. The standard InChI is InChI=1S/C13H16BrNO4/c1-8(2)15-12(17)7-19-13-10(14)4-9(6-16)5-11(13)18-3/h4-6,8H,7H2,1-3H3,(H,15,17). The van der Waals surface area contributed by atoms with Gasteiger partial charge in [0.05, 0.1) is 11.6 Å². The highest BCUT2D eigenvalue weighted by molar-refractivity contribution is 9.10. The summed E-state index contributed by atoms with van der Waals surface area (Å²) in [5.74, 6) is 0.573. The van der Waals surface area contributed by atoms with Gasteiger partial charge in [0, 0.05) is 11.6 Å². The molecule has 0 saturated carbocycles. The molecule has 0 aliphatic rings. The van der Waals surface area contributed by atoms with Crippen LogP contribution < -0.4 is 14.8 Å². The summed E-state index contributed by atoms with van der Waals surface area (Å²) in [4.78, 5) is 22.3. The first-order chi connectivity index (χ1) is 8.97. The van der Waals surface area contributed by atoms with Crippen LogP contribution in [0.3, 0.4) is 0 Å². The molecular formula is C13H16BrNO4. The number of hydrogen-bond donors (Lipinski definition) is 1. The van der Waals surface area contributed by atoms with Gasteiger partial charge in [0.15, 0.2) is 18.1 Å². The minimum absolute atomic E-state index is 0.0545. The lowest BCUT2D eigenvalue weighted by Crippen LogP contribution is -2.34. The van der Waals surface area contributed by atoms with Crippen LogP contribution in [0.25, 0.3) is 0 Å². The lowest BCUT2D eigenvalue weighted by atomic mass is 10.2. The highest BCUT2D eigenvalue weighted by Crippen LogP contribution is 2.36. The second-order valence-corrected chi connectivity index (χ2v) is 5.02. The Morgan fingerprint density at radius 1 is 1.47 bits per heavy atom. The molecule has 0 radical (unpaired) electrons. The summed E-state index contributed by atoms with van der Waals surface area (Å²) in [5, 5.41) is 2.72. The van der Waals surface area contributed by atoms with Gasteiger partial charge in [0.2, 0.25) is 0 Å². The van der Waals surface area contributed by atoms with E-state index in [0.29, 0.717) is 27.8 Å². The Balaban J connectivity index is 2.83. The molecule has 0 aliphatic carbocycles. The third kappa shape index (κ3) is 4.55. The predicted molar refractivity (Wildman–Crippen MR) is 74.9 cm³/mol. The van der Waals surface area contributed by atoms with Crippen molar-refractivity contribution in [3.63, 3.8) is 0 Å². The van der Waals surface area contributed by atoms with Crippen molar-refractivity contribution in [3.05, 3.63) is 22.2 Å². The highest BCUT2D eigenvalue weighted by Gasteiger charge is 2.13. The average Bonchev–Trinajstić information content (AvgIpc) is 2.35. The zero-order valence-electron chi connectivity index (χ0n) is 11.0. The molecule has 0 bridgehead atoms. The Labute approximate surface area is 120 Å². The minimum atomic E-state index is -0.219. The van der Waals surface area contributed by atoms with Gasteiger partial charge in [-0.2, -0.15) is 0 Å². The highest BCUT2D eigenvalue weighted by atomic mass is 79.9. The zero-order valence-corrected chi connectivity index (χ0v) is 12.6. The third-order valence-corrected chi connectivity index (χ3v) is 2.77. The smallest absolute Gasteiger partial charge is 0.258 e. The third-order valence-electron chi connectivity index (χ3n) is 2.19. The molecule has 0 atom stereocenters. The summed E-state index contributed by atoms with van der Waals surface area (Å²) in [6.45, 7) is 3.62. The molecule has 19 heavy (non-hydrogen) atoms. The molecule has 0 aliphatic heterocycles. The Kier molecular flexibility index (Phi) is 5.82. The van der Waals surface area contributed by atoms with Gasteiger partial charge in [-0.25, -0.2) is 0 Å². The summed E-state index contributed by atoms with van der Waals surface area (Å²) in [6.07, 6.45) is 0.711. The predicted octanol–water partition coefficient (Wildman–Crippen LogP) is 2.17. The maximum absolute atomic E-state index is 11.5. The van der Waals surface area contributed by atoms with E-state index in [1.165, 1.54) is 7.11 Å². The summed E-state index contributed by atoms with van der Waals surface area (Å²) in [6, 6.07) is 3.21. The lowest BCUT2D eigenvalue weighted by molar-refractivity contribution is -0.123. The van der Waals surface area contributed by atoms with Crippen LogP contribution in [0.1, 0.15) is 24.2 Å². The molecule has 6 heteroatoms. The van der Waals surface area contributed by atoms with E-state index < -0.39 is 0 Å². The summed E-state index contributed by atoms with van der Waals surface area (Å²) in [5.41, 5.74) is 0.461. The number of carbonyl (C=O) groups is 2. The number of amides is 1. The normalized spacial score (nSPS) is 10.2. The van der Waals surface area contributed by atoms with Crippen molar-refractivity contribution in [1.29, 1.82) is 0 Å². The van der Waals surface area contributed by atoms with E-state index in [-0.39, 0.29) is 18.6 Å².